The van der Waals surface area contributed by atoms with Crippen molar-refractivity contribution in [3.8, 4) is 5.75 Å². The van der Waals surface area contributed by atoms with Crippen LogP contribution >= 0.6 is 22.6 Å². The van der Waals surface area contributed by atoms with Crippen molar-refractivity contribution in [2.75, 3.05) is 5.01 Å². The van der Waals surface area contributed by atoms with Crippen LogP contribution in [0, 0.1) is 3.57 Å². The van der Waals surface area contributed by atoms with Gasteiger partial charge in [0.25, 0.3) is 11.8 Å². The van der Waals surface area contributed by atoms with Crippen LogP contribution in [0.4, 0.5) is 5.69 Å². The van der Waals surface area contributed by atoms with Crippen molar-refractivity contribution in [2.45, 2.75) is 6.61 Å². The van der Waals surface area contributed by atoms with Crippen molar-refractivity contribution in [3.63, 3.8) is 0 Å². The Morgan fingerprint density at radius 1 is 0.897 bits per heavy atom. The number of rotatable bonds is 5. The second kappa shape index (κ2) is 8.48. The highest BCUT2D eigenvalue weighted by atomic mass is 127. The van der Waals surface area contributed by atoms with Crippen molar-refractivity contribution in [2.24, 2.45) is 0 Å². The summed E-state index contributed by atoms with van der Waals surface area (Å²) in [5.41, 5.74) is 5.01. The first-order chi connectivity index (χ1) is 14.1. The van der Waals surface area contributed by atoms with E-state index >= 15 is 0 Å². The Hall–Kier alpha value is -3.13. The second-order valence-electron chi connectivity index (χ2n) is 6.43. The van der Waals surface area contributed by atoms with E-state index in [1.807, 2.05) is 66.7 Å². The molecule has 0 radical (unpaired) electrons. The molecule has 29 heavy (non-hydrogen) atoms. The number of hydrogen-bond donors (Lipinski definition) is 1. The standard InChI is InChI=1S/C23H17IN2O3/c24-18-10-12-19(13-11-18)26-23(28)20(22(27)25-26)14-17-8-4-5-9-21(17)29-15-16-6-2-1-3-7-16/h1-14H,15H2,(H,25,27)/b20-14+. The lowest BCUT2D eigenvalue weighted by atomic mass is 10.1. The van der Waals surface area contributed by atoms with Crippen molar-refractivity contribution < 1.29 is 14.3 Å². The van der Waals surface area contributed by atoms with Gasteiger partial charge in [-0.3, -0.25) is 15.0 Å². The minimum Gasteiger partial charge on any atom is -0.488 e. The Kier molecular flexibility index (Phi) is 5.62. The van der Waals surface area contributed by atoms with Crippen LogP contribution in [0.3, 0.4) is 0 Å². The summed E-state index contributed by atoms with van der Waals surface area (Å²) in [5.74, 6) is -0.224. The lowest BCUT2D eigenvalue weighted by molar-refractivity contribution is -0.117. The van der Waals surface area contributed by atoms with Gasteiger partial charge in [-0.15, -0.1) is 0 Å². The van der Waals surface area contributed by atoms with E-state index in [-0.39, 0.29) is 5.57 Å². The average molecular weight is 496 g/mol. The molecule has 1 N–H and O–H groups in total. The number of carbonyl (C=O) groups is 2. The molecule has 1 fully saturated rings. The third-order valence-electron chi connectivity index (χ3n) is 4.43. The zero-order chi connectivity index (χ0) is 20.2. The van der Waals surface area contributed by atoms with Crippen molar-refractivity contribution >= 4 is 46.2 Å². The summed E-state index contributed by atoms with van der Waals surface area (Å²) in [4.78, 5) is 25.3. The molecule has 0 saturated carbocycles. The molecular weight excluding hydrogens is 479 g/mol. The van der Waals surface area contributed by atoms with Gasteiger partial charge in [0.1, 0.15) is 17.9 Å². The molecule has 1 heterocycles. The number of para-hydroxylation sites is 1. The number of nitrogens with zero attached hydrogens (tertiary/aromatic N) is 1. The summed E-state index contributed by atoms with van der Waals surface area (Å²) in [6.07, 6.45) is 1.57. The molecule has 0 aromatic heterocycles. The number of hydrogen-bond acceptors (Lipinski definition) is 3. The Morgan fingerprint density at radius 2 is 1.59 bits per heavy atom. The van der Waals surface area contributed by atoms with Crippen LogP contribution in [-0.2, 0) is 16.2 Å². The fourth-order valence-corrected chi connectivity index (χ4v) is 3.31. The molecule has 2 amide bonds. The maximum Gasteiger partial charge on any atom is 0.282 e. The van der Waals surface area contributed by atoms with Gasteiger partial charge in [-0.1, -0.05) is 48.5 Å². The lowest BCUT2D eigenvalue weighted by Crippen LogP contribution is -2.35. The fourth-order valence-electron chi connectivity index (χ4n) is 2.95. The smallest absolute Gasteiger partial charge is 0.282 e. The van der Waals surface area contributed by atoms with Crippen LogP contribution in [0.25, 0.3) is 6.08 Å². The molecule has 3 aromatic rings. The number of anilines is 1. The number of nitrogens with one attached hydrogen (secondary N) is 1. The number of halogens is 1. The monoisotopic (exact) mass is 496 g/mol. The highest BCUT2D eigenvalue weighted by molar-refractivity contribution is 14.1. The van der Waals surface area contributed by atoms with E-state index in [1.165, 1.54) is 5.01 Å². The van der Waals surface area contributed by atoms with E-state index in [0.29, 0.717) is 23.6 Å². The van der Waals surface area contributed by atoms with E-state index in [0.717, 1.165) is 9.13 Å². The third kappa shape index (κ3) is 4.32. The maximum absolute atomic E-state index is 12.8. The van der Waals surface area contributed by atoms with Gasteiger partial charge in [0.15, 0.2) is 0 Å². The Labute approximate surface area is 182 Å². The summed E-state index contributed by atoms with van der Waals surface area (Å²) in [6, 6.07) is 24.5. The number of hydrazine groups is 1. The van der Waals surface area contributed by atoms with E-state index in [1.54, 1.807) is 18.2 Å². The second-order valence-corrected chi connectivity index (χ2v) is 7.67. The molecule has 0 bridgehead atoms. The summed E-state index contributed by atoms with van der Waals surface area (Å²) < 4.78 is 6.97. The average Bonchev–Trinajstić information content (AvgIpc) is 3.03. The van der Waals surface area contributed by atoms with Crippen LogP contribution in [0.15, 0.2) is 84.4 Å². The molecule has 5 nitrogen and oxygen atoms in total. The van der Waals surface area contributed by atoms with Gasteiger partial charge in [-0.25, -0.2) is 5.01 Å². The first kappa shape index (κ1) is 19.2. The maximum atomic E-state index is 12.8. The number of carbonyl (C=O) groups excluding carboxylic acids is 2. The zero-order valence-electron chi connectivity index (χ0n) is 15.3. The predicted molar refractivity (Wildman–Crippen MR) is 120 cm³/mol. The fraction of sp³-hybridized carbons (Fsp3) is 0.0435. The highest BCUT2D eigenvalue weighted by Crippen LogP contribution is 2.26. The molecule has 0 atom stereocenters. The first-order valence-corrected chi connectivity index (χ1v) is 10.1. The topological polar surface area (TPSA) is 58.6 Å². The largest absolute Gasteiger partial charge is 0.488 e. The quantitative estimate of drug-likeness (QED) is 0.325. The predicted octanol–water partition coefficient (Wildman–Crippen LogP) is 4.33. The molecule has 144 valence electrons. The molecule has 6 heteroatoms. The molecule has 4 rings (SSSR count). The summed E-state index contributed by atoms with van der Waals surface area (Å²) in [7, 11) is 0. The molecule has 0 aliphatic carbocycles. The van der Waals surface area contributed by atoms with Gasteiger partial charge in [0.05, 0.1) is 5.69 Å². The van der Waals surface area contributed by atoms with Gasteiger partial charge >= 0.3 is 0 Å². The summed E-state index contributed by atoms with van der Waals surface area (Å²) in [5, 5.41) is 1.26. The molecular formula is C23H17IN2O3. The summed E-state index contributed by atoms with van der Waals surface area (Å²) in [6.45, 7) is 0.399. The zero-order valence-corrected chi connectivity index (χ0v) is 17.5. The van der Waals surface area contributed by atoms with Gasteiger partial charge in [0, 0.05) is 9.13 Å². The molecule has 0 spiro atoms. The van der Waals surface area contributed by atoms with Crippen LogP contribution in [0.2, 0.25) is 0 Å². The van der Waals surface area contributed by atoms with Crippen molar-refractivity contribution in [1.82, 2.24) is 5.43 Å². The van der Waals surface area contributed by atoms with E-state index in [2.05, 4.69) is 28.0 Å². The summed E-state index contributed by atoms with van der Waals surface area (Å²) >= 11 is 2.19. The normalized spacial score (nSPS) is 14.9. The van der Waals surface area contributed by atoms with Gasteiger partial charge in [-0.05, 0) is 64.6 Å². The van der Waals surface area contributed by atoms with Crippen molar-refractivity contribution in [1.29, 1.82) is 0 Å². The van der Waals surface area contributed by atoms with Gasteiger partial charge in [0.2, 0.25) is 0 Å². The van der Waals surface area contributed by atoms with Crippen LogP contribution < -0.4 is 15.2 Å². The first-order valence-electron chi connectivity index (χ1n) is 9.00. The third-order valence-corrected chi connectivity index (χ3v) is 5.15. The van der Waals surface area contributed by atoms with Crippen LogP contribution in [-0.4, -0.2) is 11.8 Å². The lowest BCUT2D eigenvalue weighted by Gasteiger charge is -2.14. The molecule has 1 saturated heterocycles. The number of ether oxygens (including phenoxy) is 1. The van der Waals surface area contributed by atoms with Gasteiger partial charge < -0.3 is 4.74 Å². The van der Waals surface area contributed by atoms with Crippen molar-refractivity contribution in [3.05, 3.63) is 99.1 Å². The Balaban J connectivity index is 1.58. The Bertz CT molecular complexity index is 1080. The molecule has 0 unspecified atom stereocenters. The van der Waals surface area contributed by atoms with E-state index in [4.69, 9.17) is 4.74 Å². The molecule has 1 aliphatic rings. The SMILES string of the molecule is O=C1NN(c2ccc(I)cc2)C(=O)/C1=C/c1ccccc1OCc1ccccc1. The van der Waals surface area contributed by atoms with E-state index in [9.17, 15) is 9.59 Å². The van der Waals surface area contributed by atoms with Gasteiger partial charge in [-0.2, -0.15) is 0 Å². The molecule has 1 aliphatic heterocycles. The van der Waals surface area contributed by atoms with Crippen LogP contribution in [0.1, 0.15) is 11.1 Å². The van der Waals surface area contributed by atoms with Crippen LogP contribution in [0.5, 0.6) is 5.75 Å². The number of amides is 2. The highest BCUT2D eigenvalue weighted by Gasteiger charge is 2.34. The molecule has 3 aromatic carbocycles. The Morgan fingerprint density at radius 3 is 2.34 bits per heavy atom. The number of benzene rings is 3. The minimum absolute atomic E-state index is 0.0688. The van der Waals surface area contributed by atoms with E-state index < -0.39 is 11.8 Å². The minimum atomic E-state index is -0.439.